The van der Waals surface area contributed by atoms with Crippen LogP contribution in [0.15, 0.2) is 24.3 Å². The molecule has 0 aliphatic heterocycles. The average Bonchev–Trinajstić information content (AvgIpc) is 2.80. The standard InChI is InChI=1S/C22H32O2/c1-4-10-22(24)13-9-19-17-6-5-15-14-16(23)7-11-20(15,2)18(17)8-12-21(19,22)3/h4,14,17-19,24H,1,5-13H2,2-3H3/t17-,18+,19+,20-,21+,22-/m0/s1. The van der Waals surface area contributed by atoms with Crippen molar-refractivity contribution in [2.45, 2.75) is 77.2 Å². The molecule has 0 spiro atoms. The van der Waals surface area contributed by atoms with Gasteiger partial charge >= 0.3 is 0 Å². The van der Waals surface area contributed by atoms with Gasteiger partial charge in [-0.3, -0.25) is 4.79 Å². The van der Waals surface area contributed by atoms with E-state index >= 15 is 0 Å². The van der Waals surface area contributed by atoms with Gasteiger partial charge in [0.25, 0.3) is 0 Å². The monoisotopic (exact) mass is 328 g/mol. The molecule has 3 fully saturated rings. The second kappa shape index (κ2) is 5.30. The molecule has 4 aliphatic rings. The summed E-state index contributed by atoms with van der Waals surface area (Å²) in [5, 5.41) is 11.3. The second-order valence-electron chi connectivity index (χ2n) is 9.49. The van der Waals surface area contributed by atoms with Crippen LogP contribution in [-0.2, 0) is 4.79 Å². The first-order chi connectivity index (χ1) is 11.3. The zero-order valence-electron chi connectivity index (χ0n) is 15.3. The van der Waals surface area contributed by atoms with Crippen molar-refractivity contribution in [3.63, 3.8) is 0 Å². The Morgan fingerprint density at radius 1 is 1.17 bits per heavy atom. The van der Waals surface area contributed by atoms with Crippen LogP contribution in [-0.4, -0.2) is 16.5 Å². The summed E-state index contributed by atoms with van der Waals surface area (Å²) in [6.07, 6.45) is 13.1. The highest BCUT2D eigenvalue weighted by Crippen LogP contribution is 2.68. The maximum absolute atomic E-state index is 11.9. The van der Waals surface area contributed by atoms with Gasteiger partial charge in [0, 0.05) is 6.42 Å². The maximum Gasteiger partial charge on any atom is 0.155 e. The van der Waals surface area contributed by atoms with E-state index in [1.807, 2.05) is 12.2 Å². The van der Waals surface area contributed by atoms with E-state index in [1.54, 1.807) is 0 Å². The number of carbonyl (C=O) groups is 1. The van der Waals surface area contributed by atoms with Crippen molar-refractivity contribution in [3.8, 4) is 0 Å². The smallest absolute Gasteiger partial charge is 0.155 e. The summed E-state index contributed by atoms with van der Waals surface area (Å²) in [6.45, 7) is 8.67. The van der Waals surface area contributed by atoms with Crippen LogP contribution in [0.3, 0.4) is 0 Å². The summed E-state index contributed by atoms with van der Waals surface area (Å²) >= 11 is 0. The molecule has 0 amide bonds. The lowest BCUT2D eigenvalue weighted by atomic mass is 9.46. The first-order valence-electron chi connectivity index (χ1n) is 9.91. The fourth-order valence-corrected chi connectivity index (χ4v) is 7.24. The number of carbonyl (C=O) groups excluding carboxylic acids is 1. The normalized spacial score (nSPS) is 50.5. The zero-order valence-corrected chi connectivity index (χ0v) is 15.3. The fourth-order valence-electron chi connectivity index (χ4n) is 7.24. The number of hydrogen-bond donors (Lipinski definition) is 1. The van der Waals surface area contributed by atoms with Crippen LogP contribution in [0.4, 0.5) is 0 Å². The molecule has 24 heavy (non-hydrogen) atoms. The molecule has 0 bridgehead atoms. The van der Waals surface area contributed by atoms with Crippen molar-refractivity contribution in [2.24, 2.45) is 28.6 Å². The van der Waals surface area contributed by atoms with Crippen molar-refractivity contribution in [1.29, 1.82) is 0 Å². The Balaban J connectivity index is 1.67. The number of ketones is 1. The van der Waals surface area contributed by atoms with Gasteiger partial charge in [-0.1, -0.05) is 25.5 Å². The Morgan fingerprint density at radius 2 is 1.92 bits per heavy atom. The van der Waals surface area contributed by atoms with Crippen LogP contribution < -0.4 is 0 Å². The molecule has 2 heteroatoms. The maximum atomic E-state index is 11.9. The highest BCUT2D eigenvalue weighted by Gasteiger charge is 2.63. The molecule has 0 radical (unpaired) electrons. The van der Waals surface area contributed by atoms with E-state index in [1.165, 1.54) is 18.4 Å². The summed E-state index contributed by atoms with van der Waals surface area (Å²) in [7, 11) is 0. The molecular weight excluding hydrogens is 296 g/mol. The van der Waals surface area contributed by atoms with Gasteiger partial charge in [-0.15, -0.1) is 6.58 Å². The third-order valence-electron chi connectivity index (χ3n) is 8.77. The van der Waals surface area contributed by atoms with Crippen molar-refractivity contribution >= 4 is 5.78 Å². The molecule has 0 saturated heterocycles. The minimum absolute atomic E-state index is 0.0461. The number of rotatable bonds is 2. The van der Waals surface area contributed by atoms with Gasteiger partial charge < -0.3 is 5.11 Å². The van der Waals surface area contributed by atoms with E-state index in [4.69, 9.17) is 0 Å². The van der Waals surface area contributed by atoms with Crippen molar-refractivity contribution in [3.05, 3.63) is 24.3 Å². The van der Waals surface area contributed by atoms with E-state index in [0.717, 1.165) is 50.9 Å². The predicted octanol–water partition coefficient (Wildman–Crippen LogP) is 4.83. The first kappa shape index (κ1) is 16.6. The predicted molar refractivity (Wildman–Crippen MR) is 96.5 cm³/mol. The van der Waals surface area contributed by atoms with Crippen LogP contribution >= 0.6 is 0 Å². The largest absolute Gasteiger partial charge is 0.389 e. The minimum atomic E-state index is -0.552. The molecule has 2 nitrogen and oxygen atoms in total. The quantitative estimate of drug-likeness (QED) is 0.738. The molecule has 0 aromatic rings. The highest BCUT2D eigenvalue weighted by molar-refractivity contribution is 5.91. The van der Waals surface area contributed by atoms with Crippen LogP contribution in [0, 0.1) is 28.6 Å². The van der Waals surface area contributed by atoms with Gasteiger partial charge in [0.1, 0.15) is 0 Å². The Labute approximate surface area is 146 Å². The fraction of sp³-hybridized carbons (Fsp3) is 0.773. The van der Waals surface area contributed by atoms with Crippen LogP contribution in [0.5, 0.6) is 0 Å². The molecule has 4 rings (SSSR count). The number of hydrogen-bond acceptors (Lipinski definition) is 2. The van der Waals surface area contributed by atoms with E-state index in [2.05, 4.69) is 20.4 Å². The van der Waals surface area contributed by atoms with Crippen molar-refractivity contribution in [2.75, 3.05) is 0 Å². The lowest BCUT2D eigenvalue weighted by molar-refractivity contribution is -0.128. The number of fused-ring (bicyclic) bond motifs is 5. The molecule has 0 heterocycles. The van der Waals surface area contributed by atoms with Crippen LogP contribution in [0.2, 0.25) is 0 Å². The molecule has 4 aliphatic carbocycles. The topological polar surface area (TPSA) is 37.3 Å². The average molecular weight is 328 g/mol. The second-order valence-corrected chi connectivity index (χ2v) is 9.49. The number of aliphatic hydroxyl groups is 1. The van der Waals surface area contributed by atoms with Gasteiger partial charge in [0.05, 0.1) is 5.60 Å². The third kappa shape index (κ3) is 2.01. The lowest BCUT2D eigenvalue weighted by Gasteiger charge is -2.59. The molecule has 1 N–H and O–H groups in total. The van der Waals surface area contributed by atoms with Crippen LogP contribution in [0.25, 0.3) is 0 Å². The third-order valence-corrected chi connectivity index (χ3v) is 8.77. The molecule has 0 aromatic carbocycles. The summed E-state index contributed by atoms with van der Waals surface area (Å²) in [5.74, 6) is 2.40. The lowest BCUT2D eigenvalue weighted by Crippen LogP contribution is -2.54. The SMILES string of the molecule is C=CC[C@]1(O)CC[C@@H]2[C@H]3CCC4=CC(=O)CC[C@]4(C)[C@@H]3CC[C@]21C. The molecule has 3 saturated carbocycles. The van der Waals surface area contributed by atoms with Gasteiger partial charge in [-0.2, -0.15) is 0 Å². The Hall–Kier alpha value is -0.890. The van der Waals surface area contributed by atoms with Gasteiger partial charge in [-0.05, 0) is 86.0 Å². The molecule has 132 valence electrons. The molecule has 0 aromatic heterocycles. The van der Waals surface area contributed by atoms with E-state index in [9.17, 15) is 9.90 Å². The minimum Gasteiger partial charge on any atom is -0.389 e. The van der Waals surface area contributed by atoms with Crippen molar-refractivity contribution < 1.29 is 9.90 Å². The Bertz CT molecular complexity index is 605. The van der Waals surface area contributed by atoms with Gasteiger partial charge in [0.2, 0.25) is 0 Å². The Morgan fingerprint density at radius 3 is 2.67 bits per heavy atom. The van der Waals surface area contributed by atoms with Gasteiger partial charge in [-0.25, -0.2) is 0 Å². The molecule has 0 unspecified atom stereocenters. The summed E-state index contributed by atoms with van der Waals surface area (Å²) in [6, 6.07) is 0. The number of allylic oxidation sites excluding steroid dienone is 1. The van der Waals surface area contributed by atoms with E-state index in [0.29, 0.717) is 17.6 Å². The van der Waals surface area contributed by atoms with E-state index < -0.39 is 5.60 Å². The first-order valence-corrected chi connectivity index (χ1v) is 9.91. The van der Waals surface area contributed by atoms with Gasteiger partial charge in [0.15, 0.2) is 5.78 Å². The summed E-state index contributed by atoms with van der Waals surface area (Å²) in [4.78, 5) is 11.9. The van der Waals surface area contributed by atoms with Crippen LogP contribution in [0.1, 0.15) is 71.6 Å². The van der Waals surface area contributed by atoms with E-state index in [-0.39, 0.29) is 10.8 Å². The summed E-state index contributed by atoms with van der Waals surface area (Å²) < 4.78 is 0. The molecular formula is C22H32O2. The molecule has 6 atom stereocenters. The van der Waals surface area contributed by atoms with Crippen molar-refractivity contribution in [1.82, 2.24) is 0 Å². The Kier molecular flexibility index (Phi) is 3.66. The zero-order chi connectivity index (χ0) is 17.2. The summed E-state index contributed by atoms with van der Waals surface area (Å²) in [5.41, 5.74) is 1.16. The highest BCUT2D eigenvalue weighted by atomic mass is 16.3.